The van der Waals surface area contributed by atoms with Crippen LogP contribution in [0.3, 0.4) is 0 Å². The largest absolute Gasteiger partial charge is 0.504 e. The molecule has 2 aromatic rings. The van der Waals surface area contributed by atoms with Crippen molar-refractivity contribution in [2.45, 2.75) is 13.1 Å². The molecule has 1 aromatic carbocycles. The van der Waals surface area contributed by atoms with Crippen LogP contribution in [-0.2, 0) is 13.1 Å². The number of ether oxygens (including phenoxy) is 1. The van der Waals surface area contributed by atoms with E-state index < -0.39 is 0 Å². The third-order valence-electron chi connectivity index (χ3n) is 2.68. The SMILES string of the molecule is COc1cc(CNCCn2ccnc2)ccc1O. The summed E-state index contributed by atoms with van der Waals surface area (Å²) in [5, 5.41) is 12.8. The second-order valence-electron chi connectivity index (χ2n) is 3.98. The molecule has 0 radical (unpaired) electrons. The van der Waals surface area contributed by atoms with E-state index in [1.54, 1.807) is 25.7 Å². The Hall–Kier alpha value is -2.01. The van der Waals surface area contributed by atoms with E-state index in [1.807, 2.05) is 22.9 Å². The maximum atomic E-state index is 9.48. The maximum absolute atomic E-state index is 9.48. The van der Waals surface area contributed by atoms with Gasteiger partial charge in [0.25, 0.3) is 0 Å². The zero-order valence-electron chi connectivity index (χ0n) is 10.3. The molecule has 0 saturated carbocycles. The minimum atomic E-state index is 0.166. The molecule has 1 aromatic heterocycles. The number of phenolic OH excluding ortho intramolecular Hbond substituents is 1. The Kier molecular flexibility index (Phi) is 4.20. The fourth-order valence-corrected chi connectivity index (χ4v) is 1.69. The van der Waals surface area contributed by atoms with Gasteiger partial charge in [0.1, 0.15) is 0 Å². The summed E-state index contributed by atoms with van der Waals surface area (Å²) in [6, 6.07) is 5.35. The number of nitrogens with one attached hydrogen (secondary N) is 1. The first kappa shape index (κ1) is 12.4. The number of phenols is 1. The van der Waals surface area contributed by atoms with Crippen molar-refractivity contribution < 1.29 is 9.84 Å². The van der Waals surface area contributed by atoms with E-state index in [0.717, 1.165) is 25.2 Å². The Balaban J connectivity index is 1.79. The van der Waals surface area contributed by atoms with E-state index in [-0.39, 0.29) is 5.75 Å². The van der Waals surface area contributed by atoms with Crippen molar-refractivity contribution in [2.75, 3.05) is 13.7 Å². The van der Waals surface area contributed by atoms with Crippen molar-refractivity contribution in [3.63, 3.8) is 0 Å². The Morgan fingerprint density at radius 3 is 3.06 bits per heavy atom. The van der Waals surface area contributed by atoms with Crippen molar-refractivity contribution in [1.29, 1.82) is 0 Å². The van der Waals surface area contributed by atoms with Crippen molar-refractivity contribution in [2.24, 2.45) is 0 Å². The Labute approximate surface area is 106 Å². The van der Waals surface area contributed by atoms with Crippen LogP contribution < -0.4 is 10.1 Å². The molecule has 2 N–H and O–H groups in total. The summed E-state index contributed by atoms with van der Waals surface area (Å²) >= 11 is 0. The highest BCUT2D eigenvalue weighted by atomic mass is 16.5. The standard InChI is InChI=1S/C13H17N3O2/c1-18-13-8-11(2-3-12(13)17)9-14-4-6-16-7-5-15-10-16/h2-3,5,7-8,10,14,17H,4,6,9H2,1H3. The number of benzene rings is 1. The number of hydrogen-bond acceptors (Lipinski definition) is 4. The molecular weight excluding hydrogens is 230 g/mol. The molecule has 1 heterocycles. The minimum Gasteiger partial charge on any atom is -0.504 e. The number of imidazole rings is 1. The van der Waals surface area contributed by atoms with Crippen LogP contribution in [0.15, 0.2) is 36.9 Å². The van der Waals surface area contributed by atoms with Crippen LogP contribution in [0.2, 0.25) is 0 Å². The van der Waals surface area contributed by atoms with Crippen LogP contribution in [0, 0.1) is 0 Å². The third kappa shape index (κ3) is 3.24. The van der Waals surface area contributed by atoms with Crippen LogP contribution in [0.25, 0.3) is 0 Å². The zero-order valence-corrected chi connectivity index (χ0v) is 10.3. The average molecular weight is 247 g/mol. The van der Waals surface area contributed by atoms with E-state index in [0.29, 0.717) is 5.75 Å². The molecule has 0 aliphatic heterocycles. The summed E-state index contributed by atoms with van der Waals surface area (Å²) in [6.45, 7) is 2.49. The van der Waals surface area contributed by atoms with Gasteiger partial charge < -0.3 is 19.7 Å². The van der Waals surface area contributed by atoms with Gasteiger partial charge in [-0.25, -0.2) is 4.98 Å². The van der Waals surface area contributed by atoms with E-state index in [4.69, 9.17) is 4.74 Å². The lowest BCUT2D eigenvalue weighted by Crippen LogP contribution is -2.18. The van der Waals surface area contributed by atoms with Gasteiger partial charge >= 0.3 is 0 Å². The molecule has 0 bridgehead atoms. The molecule has 2 rings (SSSR count). The third-order valence-corrected chi connectivity index (χ3v) is 2.68. The summed E-state index contributed by atoms with van der Waals surface area (Å²) < 4.78 is 7.08. The van der Waals surface area contributed by atoms with E-state index >= 15 is 0 Å². The highest BCUT2D eigenvalue weighted by Crippen LogP contribution is 2.25. The van der Waals surface area contributed by atoms with Crippen LogP contribution in [0.4, 0.5) is 0 Å². The lowest BCUT2D eigenvalue weighted by molar-refractivity contribution is 0.372. The highest BCUT2D eigenvalue weighted by molar-refractivity contribution is 5.41. The predicted octanol–water partition coefficient (Wildman–Crippen LogP) is 1.39. The first-order valence-electron chi connectivity index (χ1n) is 5.82. The molecule has 0 aliphatic rings. The molecule has 18 heavy (non-hydrogen) atoms. The number of aromatic hydroxyl groups is 1. The Bertz CT molecular complexity index is 483. The van der Waals surface area contributed by atoms with Gasteiger partial charge in [0, 0.05) is 32.0 Å². The highest BCUT2D eigenvalue weighted by Gasteiger charge is 2.02. The molecule has 0 amide bonds. The Morgan fingerprint density at radius 1 is 1.44 bits per heavy atom. The molecular formula is C13H17N3O2. The van der Waals surface area contributed by atoms with E-state index in [9.17, 15) is 5.11 Å². The molecule has 0 fully saturated rings. The molecule has 0 spiro atoms. The van der Waals surface area contributed by atoms with Crippen molar-refractivity contribution in [3.05, 3.63) is 42.5 Å². The normalized spacial score (nSPS) is 10.5. The average Bonchev–Trinajstić information content (AvgIpc) is 2.89. The van der Waals surface area contributed by atoms with Gasteiger partial charge in [-0.1, -0.05) is 6.07 Å². The molecule has 0 atom stereocenters. The molecule has 5 nitrogen and oxygen atoms in total. The number of rotatable bonds is 6. The zero-order chi connectivity index (χ0) is 12.8. The summed E-state index contributed by atoms with van der Waals surface area (Å²) in [6.07, 6.45) is 5.50. The van der Waals surface area contributed by atoms with Gasteiger partial charge in [-0.2, -0.15) is 0 Å². The number of hydrogen-bond donors (Lipinski definition) is 2. The van der Waals surface area contributed by atoms with Gasteiger partial charge in [0.2, 0.25) is 0 Å². The smallest absolute Gasteiger partial charge is 0.160 e. The second-order valence-corrected chi connectivity index (χ2v) is 3.98. The monoisotopic (exact) mass is 247 g/mol. The molecule has 5 heteroatoms. The van der Waals surface area contributed by atoms with Gasteiger partial charge in [-0.15, -0.1) is 0 Å². The number of methoxy groups -OCH3 is 1. The molecule has 0 unspecified atom stereocenters. The first-order chi connectivity index (χ1) is 8.79. The summed E-state index contributed by atoms with van der Waals surface area (Å²) in [5.74, 6) is 0.670. The van der Waals surface area contributed by atoms with Crippen LogP contribution in [0.1, 0.15) is 5.56 Å². The number of aromatic nitrogens is 2. The second kappa shape index (κ2) is 6.07. The molecule has 96 valence electrons. The van der Waals surface area contributed by atoms with Crippen LogP contribution in [0.5, 0.6) is 11.5 Å². The quantitative estimate of drug-likeness (QED) is 0.757. The topological polar surface area (TPSA) is 59.3 Å². The molecule has 0 saturated heterocycles. The van der Waals surface area contributed by atoms with Crippen LogP contribution in [-0.4, -0.2) is 28.3 Å². The fraction of sp³-hybridized carbons (Fsp3) is 0.308. The van der Waals surface area contributed by atoms with Gasteiger partial charge in [0.05, 0.1) is 13.4 Å². The van der Waals surface area contributed by atoms with Gasteiger partial charge in [-0.05, 0) is 17.7 Å². The van der Waals surface area contributed by atoms with Gasteiger partial charge in [-0.3, -0.25) is 0 Å². The Morgan fingerprint density at radius 2 is 2.33 bits per heavy atom. The van der Waals surface area contributed by atoms with Gasteiger partial charge in [0.15, 0.2) is 11.5 Å². The summed E-state index contributed by atoms with van der Waals surface area (Å²) in [4.78, 5) is 3.98. The summed E-state index contributed by atoms with van der Waals surface area (Å²) in [5.41, 5.74) is 1.08. The fourth-order valence-electron chi connectivity index (χ4n) is 1.69. The molecule has 0 aliphatic carbocycles. The van der Waals surface area contributed by atoms with E-state index in [1.165, 1.54) is 0 Å². The van der Waals surface area contributed by atoms with Crippen molar-refractivity contribution in [1.82, 2.24) is 14.9 Å². The van der Waals surface area contributed by atoms with E-state index in [2.05, 4.69) is 10.3 Å². The van der Waals surface area contributed by atoms with Crippen molar-refractivity contribution in [3.8, 4) is 11.5 Å². The van der Waals surface area contributed by atoms with Crippen molar-refractivity contribution >= 4 is 0 Å². The lowest BCUT2D eigenvalue weighted by atomic mass is 10.2. The minimum absolute atomic E-state index is 0.166. The number of nitrogens with zero attached hydrogens (tertiary/aromatic N) is 2. The van der Waals surface area contributed by atoms with Crippen LogP contribution >= 0.6 is 0 Å². The first-order valence-corrected chi connectivity index (χ1v) is 5.82. The summed E-state index contributed by atoms with van der Waals surface area (Å²) in [7, 11) is 1.55. The lowest BCUT2D eigenvalue weighted by Gasteiger charge is -2.08. The predicted molar refractivity (Wildman–Crippen MR) is 68.6 cm³/mol. The maximum Gasteiger partial charge on any atom is 0.160 e.